The van der Waals surface area contributed by atoms with Gasteiger partial charge in [0, 0.05) is 30.0 Å². The number of hydrogen-bond donors (Lipinski definition) is 2. The van der Waals surface area contributed by atoms with Crippen molar-refractivity contribution in [2.75, 3.05) is 26.2 Å². The Morgan fingerprint density at radius 3 is 2.54 bits per heavy atom. The largest absolute Gasteiger partial charge is 0.465 e. The number of carboxylic acid groups (broad SMARTS) is 1. The topological polar surface area (TPSA) is 78.9 Å². The summed E-state index contributed by atoms with van der Waals surface area (Å²) in [5, 5.41) is 12.0. The zero-order chi connectivity index (χ0) is 18.9. The summed E-state index contributed by atoms with van der Waals surface area (Å²) < 4.78 is 6.19. The number of amides is 2. The molecule has 0 radical (unpaired) electrons. The van der Waals surface area contributed by atoms with Gasteiger partial charge in [-0.05, 0) is 42.9 Å². The van der Waals surface area contributed by atoms with E-state index in [4.69, 9.17) is 9.84 Å². The lowest BCUT2D eigenvalue weighted by molar-refractivity contribution is 0.118. The molecule has 2 amide bonds. The molecule has 0 aromatic heterocycles. The van der Waals surface area contributed by atoms with E-state index in [1.807, 2.05) is 19.1 Å². The number of halogens is 1. The molecule has 1 aliphatic heterocycles. The van der Waals surface area contributed by atoms with Crippen molar-refractivity contribution in [3.05, 3.63) is 34.3 Å². The molecule has 1 unspecified atom stereocenters. The summed E-state index contributed by atoms with van der Waals surface area (Å²) in [5.41, 5.74) is 1.15. The number of piperidine rings is 1. The molecule has 1 heterocycles. The number of nitrogens with zero attached hydrogens (tertiary/aromatic N) is 1. The third kappa shape index (κ3) is 6.20. The summed E-state index contributed by atoms with van der Waals surface area (Å²) in [4.78, 5) is 24.5. The summed E-state index contributed by atoms with van der Waals surface area (Å²) in [5.74, 6) is 0.459. The molecule has 1 saturated heterocycles. The molecule has 2 N–H and O–H groups in total. The van der Waals surface area contributed by atoms with E-state index in [1.54, 1.807) is 0 Å². The molecular formula is C19H27BrN2O4. The first-order chi connectivity index (χ1) is 12.5. The van der Waals surface area contributed by atoms with Crippen LogP contribution in [-0.2, 0) is 4.74 Å². The maximum absolute atomic E-state index is 11.9. The molecule has 6 nitrogen and oxygen atoms in total. The number of ether oxygens (including phenoxy) is 1. The maximum Gasteiger partial charge on any atom is 0.407 e. The Kier molecular flexibility index (Phi) is 8.22. The predicted molar refractivity (Wildman–Crippen MR) is 103 cm³/mol. The second-order valence-electron chi connectivity index (χ2n) is 6.64. The van der Waals surface area contributed by atoms with Gasteiger partial charge < -0.3 is 20.1 Å². The third-order valence-corrected chi connectivity index (χ3v) is 5.40. The zero-order valence-electron chi connectivity index (χ0n) is 15.1. The summed E-state index contributed by atoms with van der Waals surface area (Å²) in [6.45, 7) is 4.04. The normalized spacial score (nSPS) is 16.2. The first-order valence-corrected chi connectivity index (χ1v) is 9.94. The lowest BCUT2D eigenvalue weighted by Gasteiger charge is -2.35. The molecule has 0 aliphatic carbocycles. The van der Waals surface area contributed by atoms with E-state index in [2.05, 4.69) is 33.4 Å². The molecule has 1 aromatic rings. The lowest BCUT2D eigenvalue weighted by atomic mass is 9.80. The van der Waals surface area contributed by atoms with Crippen LogP contribution < -0.4 is 5.32 Å². The number of nitrogens with one attached hydrogen (secondary N) is 1. The number of benzene rings is 1. The molecule has 1 atom stereocenters. The molecule has 26 heavy (non-hydrogen) atoms. The van der Waals surface area contributed by atoms with Crippen molar-refractivity contribution in [1.82, 2.24) is 10.2 Å². The van der Waals surface area contributed by atoms with Crippen molar-refractivity contribution in [3.63, 3.8) is 0 Å². The molecule has 0 bridgehead atoms. The fourth-order valence-corrected chi connectivity index (χ4v) is 3.58. The smallest absolute Gasteiger partial charge is 0.407 e. The highest BCUT2D eigenvalue weighted by molar-refractivity contribution is 9.10. The monoisotopic (exact) mass is 426 g/mol. The maximum atomic E-state index is 11.9. The number of unbranched alkanes of at least 4 members (excludes halogenated alkanes) is 1. The van der Waals surface area contributed by atoms with Crippen molar-refractivity contribution in [2.24, 2.45) is 5.92 Å². The van der Waals surface area contributed by atoms with E-state index in [0.29, 0.717) is 32.2 Å². The summed E-state index contributed by atoms with van der Waals surface area (Å²) in [6, 6.07) is 8.10. The Balaban J connectivity index is 1.99. The molecule has 0 spiro atoms. The second kappa shape index (κ2) is 10.4. The number of likely N-dealkylation sites (tertiary alicyclic amines) is 1. The first-order valence-electron chi connectivity index (χ1n) is 9.15. The minimum Gasteiger partial charge on any atom is -0.465 e. The van der Waals surface area contributed by atoms with Gasteiger partial charge in [-0.2, -0.15) is 0 Å². The quantitative estimate of drug-likeness (QED) is 0.631. The van der Waals surface area contributed by atoms with Gasteiger partial charge in [-0.3, -0.25) is 0 Å². The van der Waals surface area contributed by atoms with Crippen LogP contribution in [0.3, 0.4) is 0 Å². The Bertz CT molecular complexity index is 586. The highest BCUT2D eigenvalue weighted by atomic mass is 79.9. The summed E-state index contributed by atoms with van der Waals surface area (Å²) >= 11 is 3.45. The van der Waals surface area contributed by atoms with Gasteiger partial charge >= 0.3 is 12.2 Å². The van der Waals surface area contributed by atoms with Crippen LogP contribution in [0.5, 0.6) is 0 Å². The van der Waals surface area contributed by atoms with Gasteiger partial charge in [-0.25, -0.2) is 9.59 Å². The Morgan fingerprint density at radius 2 is 1.96 bits per heavy atom. The first kappa shape index (κ1) is 20.6. The molecule has 1 aliphatic rings. The number of carbonyl (C=O) groups is 2. The standard InChI is InChI=1S/C19H27BrN2O4/c1-2-3-12-26-18(23)21-13-17(14-4-6-16(20)7-5-14)15-8-10-22(11-9-15)19(24)25/h4-7,15,17H,2-3,8-13H2,1H3,(H,21,23)(H,24,25). The van der Waals surface area contributed by atoms with Crippen LogP contribution in [0.25, 0.3) is 0 Å². The zero-order valence-corrected chi connectivity index (χ0v) is 16.7. The predicted octanol–water partition coefficient (Wildman–Crippen LogP) is 4.45. The van der Waals surface area contributed by atoms with E-state index >= 15 is 0 Å². The van der Waals surface area contributed by atoms with Gasteiger partial charge in [-0.15, -0.1) is 0 Å². The van der Waals surface area contributed by atoms with Crippen LogP contribution in [0.15, 0.2) is 28.7 Å². The van der Waals surface area contributed by atoms with Crippen LogP contribution in [0.2, 0.25) is 0 Å². The third-order valence-electron chi connectivity index (χ3n) is 4.87. The highest BCUT2D eigenvalue weighted by Crippen LogP contribution is 2.33. The van der Waals surface area contributed by atoms with Gasteiger partial charge in [0.15, 0.2) is 0 Å². The summed E-state index contributed by atoms with van der Waals surface area (Å²) in [7, 11) is 0. The van der Waals surface area contributed by atoms with Gasteiger partial charge in [0.05, 0.1) is 6.61 Å². The van der Waals surface area contributed by atoms with Gasteiger partial charge in [-0.1, -0.05) is 41.4 Å². The van der Waals surface area contributed by atoms with Crippen LogP contribution in [-0.4, -0.2) is 48.4 Å². The Morgan fingerprint density at radius 1 is 1.31 bits per heavy atom. The molecule has 1 aromatic carbocycles. The van der Waals surface area contributed by atoms with Crippen LogP contribution in [0.1, 0.15) is 44.1 Å². The van der Waals surface area contributed by atoms with Crippen LogP contribution in [0.4, 0.5) is 9.59 Å². The Labute approximate surface area is 163 Å². The number of rotatable bonds is 7. The highest BCUT2D eigenvalue weighted by Gasteiger charge is 2.29. The van der Waals surface area contributed by atoms with Crippen molar-refractivity contribution < 1.29 is 19.4 Å². The lowest BCUT2D eigenvalue weighted by Crippen LogP contribution is -2.41. The van der Waals surface area contributed by atoms with Gasteiger partial charge in [0.1, 0.15) is 0 Å². The fraction of sp³-hybridized carbons (Fsp3) is 0.579. The molecule has 7 heteroatoms. The fourth-order valence-electron chi connectivity index (χ4n) is 3.31. The van der Waals surface area contributed by atoms with E-state index < -0.39 is 6.09 Å². The number of alkyl carbamates (subject to hydrolysis) is 1. The van der Waals surface area contributed by atoms with Crippen LogP contribution in [0, 0.1) is 5.92 Å². The van der Waals surface area contributed by atoms with Crippen molar-refractivity contribution in [2.45, 2.75) is 38.5 Å². The molecular weight excluding hydrogens is 400 g/mol. The SMILES string of the molecule is CCCCOC(=O)NCC(c1ccc(Br)cc1)C1CCN(C(=O)O)CC1. The molecule has 1 fully saturated rings. The molecule has 144 valence electrons. The average molecular weight is 427 g/mol. The van der Waals surface area contributed by atoms with Crippen LogP contribution >= 0.6 is 15.9 Å². The molecule has 0 saturated carbocycles. The summed E-state index contributed by atoms with van der Waals surface area (Å²) in [6.07, 6.45) is 2.18. The van der Waals surface area contributed by atoms with Crippen molar-refractivity contribution >= 4 is 28.1 Å². The van der Waals surface area contributed by atoms with E-state index in [-0.39, 0.29) is 12.0 Å². The average Bonchev–Trinajstić information content (AvgIpc) is 2.64. The van der Waals surface area contributed by atoms with Crippen molar-refractivity contribution in [1.29, 1.82) is 0 Å². The number of hydrogen-bond acceptors (Lipinski definition) is 3. The number of carbonyl (C=O) groups excluding carboxylic acids is 1. The second-order valence-corrected chi connectivity index (χ2v) is 7.55. The van der Waals surface area contributed by atoms with E-state index in [0.717, 1.165) is 35.7 Å². The Hall–Kier alpha value is -1.76. The van der Waals surface area contributed by atoms with E-state index in [9.17, 15) is 9.59 Å². The van der Waals surface area contributed by atoms with Gasteiger partial charge in [0.25, 0.3) is 0 Å². The van der Waals surface area contributed by atoms with Crippen molar-refractivity contribution in [3.8, 4) is 0 Å². The van der Waals surface area contributed by atoms with E-state index in [1.165, 1.54) is 4.90 Å². The minimum atomic E-state index is -0.860. The van der Waals surface area contributed by atoms with Gasteiger partial charge in [0.2, 0.25) is 0 Å². The minimum absolute atomic E-state index is 0.137. The molecule has 2 rings (SSSR count).